The number of ether oxygens (including phenoxy) is 1. The van der Waals surface area contributed by atoms with E-state index >= 15 is 0 Å². The normalized spacial score (nSPS) is 48.3. The number of carbonyl (C=O) groups excluding carboxylic acids is 1. The molecule has 13 heavy (non-hydrogen) atoms. The molecule has 3 fully saturated rings. The second-order valence-corrected chi connectivity index (χ2v) is 4.47. The SMILES string of the molecule is C=C1C2CCOC23CCCC(=O)C13. The first-order valence-corrected chi connectivity index (χ1v) is 5.11. The molecule has 1 heterocycles. The number of carbonyl (C=O) groups is 1. The number of hydrogen-bond donors (Lipinski definition) is 0. The summed E-state index contributed by atoms with van der Waals surface area (Å²) in [4.78, 5) is 11.7. The van der Waals surface area contributed by atoms with Gasteiger partial charge in [-0.25, -0.2) is 0 Å². The third-order valence-electron chi connectivity index (χ3n) is 3.99. The summed E-state index contributed by atoms with van der Waals surface area (Å²) in [5, 5.41) is 0. The zero-order valence-corrected chi connectivity index (χ0v) is 7.71. The molecule has 3 unspecified atom stereocenters. The highest BCUT2D eigenvalue weighted by Crippen LogP contribution is 2.60. The van der Waals surface area contributed by atoms with Gasteiger partial charge in [0.15, 0.2) is 0 Å². The highest BCUT2D eigenvalue weighted by molar-refractivity contribution is 5.88. The van der Waals surface area contributed by atoms with Crippen molar-refractivity contribution in [1.29, 1.82) is 0 Å². The molecule has 3 atom stereocenters. The lowest BCUT2D eigenvalue weighted by Crippen LogP contribution is -2.60. The van der Waals surface area contributed by atoms with E-state index in [-0.39, 0.29) is 11.5 Å². The van der Waals surface area contributed by atoms with Gasteiger partial charge < -0.3 is 4.74 Å². The van der Waals surface area contributed by atoms with E-state index in [0.29, 0.717) is 11.7 Å². The summed E-state index contributed by atoms with van der Waals surface area (Å²) in [5.41, 5.74) is 1.08. The first-order chi connectivity index (χ1) is 6.26. The van der Waals surface area contributed by atoms with E-state index in [1.807, 2.05) is 0 Å². The van der Waals surface area contributed by atoms with Gasteiger partial charge in [-0.1, -0.05) is 12.2 Å². The summed E-state index contributed by atoms with van der Waals surface area (Å²) in [5.74, 6) is 0.935. The van der Waals surface area contributed by atoms with E-state index in [0.717, 1.165) is 37.9 Å². The fourth-order valence-electron chi connectivity index (χ4n) is 3.47. The Bertz CT molecular complexity index is 294. The summed E-state index contributed by atoms with van der Waals surface area (Å²) in [7, 11) is 0. The third-order valence-corrected chi connectivity index (χ3v) is 3.99. The monoisotopic (exact) mass is 178 g/mol. The van der Waals surface area contributed by atoms with Crippen LogP contribution in [0.1, 0.15) is 25.7 Å². The molecule has 0 aromatic carbocycles. The molecule has 0 aromatic heterocycles. The molecule has 1 aliphatic heterocycles. The molecule has 3 aliphatic rings. The Labute approximate surface area is 78.0 Å². The summed E-state index contributed by atoms with van der Waals surface area (Å²) in [6.45, 7) is 4.86. The second kappa shape index (κ2) is 2.24. The quantitative estimate of drug-likeness (QED) is 0.528. The largest absolute Gasteiger partial charge is 0.373 e. The van der Waals surface area contributed by atoms with Gasteiger partial charge in [-0.05, 0) is 19.3 Å². The summed E-state index contributed by atoms with van der Waals surface area (Å²) >= 11 is 0. The molecule has 0 N–H and O–H groups in total. The zero-order chi connectivity index (χ0) is 9.05. The van der Waals surface area contributed by atoms with E-state index in [2.05, 4.69) is 6.58 Å². The van der Waals surface area contributed by atoms with Gasteiger partial charge >= 0.3 is 0 Å². The Morgan fingerprint density at radius 1 is 1.54 bits per heavy atom. The van der Waals surface area contributed by atoms with Crippen LogP contribution in [0, 0.1) is 11.8 Å². The Kier molecular flexibility index (Phi) is 1.33. The maximum atomic E-state index is 11.7. The molecule has 3 rings (SSSR count). The standard InChI is InChI=1S/C11H14O2/c1-7-8-4-6-13-11(8)5-2-3-9(12)10(7)11/h8,10H,1-6H2. The van der Waals surface area contributed by atoms with Crippen LogP contribution in [0.25, 0.3) is 0 Å². The third kappa shape index (κ3) is 0.715. The van der Waals surface area contributed by atoms with E-state index < -0.39 is 0 Å². The average Bonchev–Trinajstić information content (AvgIpc) is 2.43. The molecule has 0 radical (unpaired) electrons. The molecule has 0 amide bonds. The van der Waals surface area contributed by atoms with Crippen molar-refractivity contribution >= 4 is 5.78 Å². The lowest BCUT2D eigenvalue weighted by Gasteiger charge is -2.54. The van der Waals surface area contributed by atoms with Crippen molar-refractivity contribution in [3.05, 3.63) is 12.2 Å². The van der Waals surface area contributed by atoms with E-state index in [4.69, 9.17) is 4.74 Å². The molecular formula is C11H14O2. The van der Waals surface area contributed by atoms with Crippen LogP contribution in [0.2, 0.25) is 0 Å². The van der Waals surface area contributed by atoms with Crippen LogP contribution in [-0.2, 0) is 9.53 Å². The molecule has 70 valence electrons. The fraction of sp³-hybridized carbons (Fsp3) is 0.727. The molecule has 0 bridgehead atoms. The van der Waals surface area contributed by atoms with Crippen molar-refractivity contribution in [2.75, 3.05) is 6.61 Å². The van der Waals surface area contributed by atoms with Crippen LogP contribution in [0.15, 0.2) is 12.2 Å². The van der Waals surface area contributed by atoms with Crippen molar-refractivity contribution in [1.82, 2.24) is 0 Å². The molecular weight excluding hydrogens is 164 g/mol. The van der Waals surface area contributed by atoms with Gasteiger partial charge in [0, 0.05) is 18.9 Å². The average molecular weight is 178 g/mol. The Morgan fingerprint density at radius 2 is 2.38 bits per heavy atom. The minimum atomic E-state index is -0.0770. The van der Waals surface area contributed by atoms with Gasteiger partial charge in [0.25, 0.3) is 0 Å². The summed E-state index contributed by atoms with van der Waals surface area (Å²) in [6, 6.07) is 0. The van der Waals surface area contributed by atoms with Crippen molar-refractivity contribution in [2.24, 2.45) is 11.8 Å². The van der Waals surface area contributed by atoms with Crippen molar-refractivity contribution in [3.8, 4) is 0 Å². The van der Waals surface area contributed by atoms with Gasteiger partial charge in [0.1, 0.15) is 5.78 Å². The molecule has 0 aromatic rings. The van der Waals surface area contributed by atoms with E-state index in [1.54, 1.807) is 0 Å². The van der Waals surface area contributed by atoms with E-state index in [1.165, 1.54) is 0 Å². The predicted molar refractivity (Wildman–Crippen MR) is 48.3 cm³/mol. The zero-order valence-electron chi connectivity index (χ0n) is 7.71. The van der Waals surface area contributed by atoms with Crippen molar-refractivity contribution in [2.45, 2.75) is 31.3 Å². The van der Waals surface area contributed by atoms with Crippen LogP contribution < -0.4 is 0 Å². The first kappa shape index (κ1) is 7.74. The molecule has 2 heteroatoms. The Balaban J connectivity index is 2.00. The minimum absolute atomic E-state index is 0.0637. The van der Waals surface area contributed by atoms with Crippen LogP contribution in [0.4, 0.5) is 0 Å². The maximum absolute atomic E-state index is 11.7. The van der Waals surface area contributed by atoms with Gasteiger partial charge in [0.05, 0.1) is 11.5 Å². The number of rotatable bonds is 0. The van der Waals surface area contributed by atoms with Crippen LogP contribution in [0.3, 0.4) is 0 Å². The Hall–Kier alpha value is -0.630. The van der Waals surface area contributed by atoms with Crippen LogP contribution in [0.5, 0.6) is 0 Å². The maximum Gasteiger partial charge on any atom is 0.142 e. The van der Waals surface area contributed by atoms with Gasteiger partial charge in [-0.15, -0.1) is 0 Å². The number of hydrogen-bond acceptors (Lipinski definition) is 2. The van der Waals surface area contributed by atoms with E-state index in [9.17, 15) is 4.79 Å². The number of Topliss-reactive ketones (excluding diaryl/α,β-unsaturated/α-hetero) is 1. The molecule has 1 saturated heterocycles. The molecule has 1 spiro atoms. The predicted octanol–water partition coefficient (Wildman–Crippen LogP) is 1.70. The summed E-state index contributed by atoms with van der Waals surface area (Å²) in [6.07, 6.45) is 3.91. The fourth-order valence-corrected chi connectivity index (χ4v) is 3.47. The first-order valence-electron chi connectivity index (χ1n) is 5.11. The number of ketones is 1. The lowest BCUT2D eigenvalue weighted by molar-refractivity contribution is -0.153. The molecule has 2 aliphatic carbocycles. The van der Waals surface area contributed by atoms with Gasteiger partial charge in [-0.3, -0.25) is 4.79 Å². The topological polar surface area (TPSA) is 26.3 Å². The van der Waals surface area contributed by atoms with Crippen LogP contribution in [-0.4, -0.2) is 18.0 Å². The highest BCUT2D eigenvalue weighted by atomic mass is 16.5. The Morgan fingerprint density at radius 3 is 3.23 bits per heavy atom. The smallest absolute Gasteiger partial charge is 0.142 e. The minimum Gasteiger partial charge on any atom is -0.373 e. The van der Waals surface area contributed by atoms with Crippen molar-refractivity contribution in [3.63, 3.8) is 0 Å². The van der Waals surface area contributed by atoms with Gasteiger partial charge in [0.2, 0.25) is 0 Å². The van der Waals surface area contributed by atoms with Crippen molar-refractivity contribution < 1.29 is 9.53 Å². The highest BCUT2D eigenvalue weighted by Gasteiger charge is 2.64. The summed E-state index contributed by atoms with van der Waals surface area (Å²) < 4.78 is 5.80. The van der Waals surface area contributed by atoms with Crippen LogP contribution >= 0.6 is 0 Å². The second-order valence-electron chi connectivity index (χ2n) is 4.47. The molecule has 2 nitrogen and oxygen atoms in total. The van der Waals surface area contributed by atoms with Gasteiger partial charge in [-0.2, -0.15) is 0 Å². The molecule has 2 saturated carbocycles. The lowest BCUT2D eigenvalue weighted by atomic mass is 9.52.